The first-order valence-electron chi connectivity index (χ1n) is 8.07. The zero-order valence-electron chi connectivity index (χ0n) is 13.5. The van der Waals surface area contributed by atoms with E-state index in [0.717, 1.165) is 12.8 Å². The topological polar surface area (TPSA) is 75.5 Å². The standard InChI is InChI=1S/C18H14Cl2N4O2/c19-12-7-6-11(9-13(12)20)22-18(26)16-23-15(17(25)21-10-4-5-10)14-3-1-2-8-24(14)16/h1-3,6-10H,4-5H2,(H,21,25)(H,22,26). The van der Waals surface area contributed by atoms with Crippen molar-refractivity contribution in [2.24, 2.45) is 0 Å². The predicted octanol–water partition coefficient (Wildman–Crippen LogP) is 3.79. The van der Waals surface area contributed by atoms with Gasteiger partial charge in [-0.1, -0.05) is 29.3 Å². The third kappa shape index (κ3) is 3.25. The molecule has 0 radical (unpaired) electrons. The Bertz CT molecular complexity index is 1030. The van der Waals surface area contributed by atoms with Gasteiger partial charge >= 0.3 is 0 Å². The summed E-state index contributed by atoms with van der Waals surface area (Å²) in [6.07, 6.45) is 3.64. The lowest BCUT2D eigenvalue weighted by Crippen LogP contribution is -2.26. The maximum Gasteiger partial charge on any atom is 0.292 e. The van der Waals surface area contributed by atoms with Crippen LogP contribution < -0.4 is 10.6 Å². The summed E-state index contributed by atoms with van der Waals surface area (Å²) in [4.78, 5) is 29.4. The number of halogens is 2. The van der Waals surface area contributed by atoms with Crippen LogP contribution in [0, 0.1) is 0 Å². The normalized spacial score (nSPS) is 13.6. The third-order valence-corrected chi connectivity index (χ3v) is 4.80. The van der Waals surface area contributed by atoms with Gasteiger partial charge in [0.05, 0.1) is 15.6 Å². The van der Waals surface area contributed by atoms with Crippen LogP contribution in [0.15, 0.2) is 42.6 Å². The molecule has 26 heavy (non-hydrogen) atoms. The van der Waals surface area contributed by atoms with Gasteiger partial charge in [-0.2, -0.15) is 0 Å². The number of fused-ring (bicyclic) bond motifs is 1. The lowest BCUT2D eigenvalue weighted by molar-refractivity contribution is 0.0948. The third-order valence-electron chi connectivity index (χ3n) is 4.06. The summed E-state index contributed by atoms with van der Waals surface area (Å²) in [5, 5.41) is 6.36. The number of aromatic nitrogens is 2. The molecule has 132 valence electrons. The molecule has 1 aliphatic rings. The van der Waals surface area contributed by atoms with Gasteiger partial charge in [0, 0.05) is 17.9 Å². The van der Waals surface area contributed by atoms with E-state index in [0.29, 0.717) is 21.2 Å². The zero-order chi connectivity index (χ0) is 18.3. The summed E-state index contributed by atoms with van der Waals surface area (Å²) in [6.45, 7) is 0. The van der Waals surface area contributed by atoms with Crippen LogP contribution >= 0.6 is 23.2 Å². The summed E-state index contributed by atoms with van der Waals surface area (Å²) in [7, 11) is 0. The molecule has 0 unspecified atom stereocenters. The Morgan fingerprint density at radius 1 is 1.08 bits per heavy atom. The van der Waals surface area contributed by atoms with Gasteiger partial charge in [-0.25, -0.2) is 4.98 Å². The minimum Gasteiger partial charge on any atom is -0.348 e. The summed E-state index contributed by atoms with van der Waals surface area (Å²) in [5.74, 6) is -0.604. The number of amides is 2. The fourth-order valence-corrected chi connectivity index (χ4v) is 2.91. The molecular weight excluding hydrogens is 375 g/mol. The van der Waals surface area contributed by atoms with Crippen molar-refractivity contribution in [2.45, 2.75) is 18.9 Å². The Morgan fingerprint density at radius 3 is 2.62 bits per heavy atom. The zero-order valence-corrected chi connectivity index (χ0v) is 15.0. The second kappa shape index (κ2) is 6.63. The monoisotopic (exact) mass is 388 g/mol. The van der Waals surface area contributed by atoms with E-state index < -0.39 is 5.91 Å². The summed E-state index contributed by atoms with van der Waals surface area (Å²) in [6, 6.07) is 10.3. The van der Waals surface area contributed by atoms with Crippen LogP contribution in [-0.2, 0) is 0 Å². The number of benzene rings is 1. The number of pyridine rings is 1. The molecule has 2 heterocycles. The molecule has 2 amide bonds. The molecule has 1 saturated carbocycles. The van der Waals surface area contributed by atoms with E-state index in [4.69, 9.17) is 23.2 Å². The van der Waals surface area contributed by atoms with Crippen LogP contribution in [0.4, 0.5) is 5.69 Å². The first-order chi connectivity index (χ1) is 12.5. The quantitative estimate of drug-likeness (QED) is 0.713. The highest BCUT2D eigenvalue weighted by Gasteiger charge is 2.27. The largest absolute Gasteiger partial charge is 0.348 e. The highest BCUT2D eigenvalue weighted by atomic mass is 35.5. The maximum absolute atomic E-state index is 12.7. The van der Waals surface area contributed by atoms with E-state index in [1.54, 1.807) is 47.0 Å². The van der Waals surface area contributed by atoms with E-state index in [2.05, 4.69) is 15.6 Å². The Hall–Kier alpha value is -2.57. The number of nitrogens with zero attached hydrogens (tertiary/aromatic N) is 2. The van der Waals surface area contributed by atoms with Crippen molar-refractivity contribution in [3.05, 3.63) is 64.2 Å². The minimum atomic E-state index is -0.449. The minimum absolute atomic E-state index is 0.118. The van der Waals surface area contributed by atoms with E-state index >= 15 is 0 Å². The van der Waals surface area contributed by atoms with Gasteiger partial charge in [0.15, 0.2) is 5.69 Å². The van der Waals surface area contributed by atoms with Gasteiger partial charge in [-0.05, 0) is 43.2 Å². The van der Waals surface area contributed by atoms with Gasteiger partial charge in [-0.3, -0.25) is 14.0 Å². The predicted molar refractivity (Wildman–Crippen MR) is 100 cm³/mol. The van der Waals surface area contributed by atoms with Crippen molar-refractivity contribution in [3.63, 3.8) is 0 Å². The molecule has 1 fully saturated rings. The number of nitrogens with one attached hydrogen (secondary N) is 2. The van der Waals surface area contributed by atoms with Crippen LogP contribution in [0.25, 0.3) is 5.52 Å². The maximum atomic E-state index is 12.7. The number of rotatable bonds is 4. The summed E-state index contributed by atoms with van der Waals surface area (Å²) >= 11 is 11.9. The number of carbonyl (C=O) groups is 2. The molecule has 2 aromatic heterocycles. The number of hydrogen-bond acceptors (Lipinski definition) is 3. The average Bonchev–Trinajstić information content (AvgIpc) is 3.34. The SMILES string of the molecule is O=C(NC1CC1)c1nc(C(=O)Nc2ccc(Cl)c(Cl)c2)n2ccccc12. The molecule has 1 aromatic carbocycles. The Morgan fingerprint density at radius 2 is 1.88 bits per heavy atom. The van der Waals surface area contributed by atoms with Crippen molar-refractivity contribution in [1.29, 1.82) is 0 Å². The summed E-state index contributed by atoms with van der Waals surface area (Å²) < 4.78 is 1.59. The van der Waals surface area contributed by atoms with E-state index in [1.807, 2.05) is 0 Å². The van der Waals surface area contributed by atoms with Crippen molar-refractivity contribution in [1.82, 2.24) is 14.7 Å². The van der Waals surface area contributed by atoms with Crippen molar-refractivity contribution < 1.29 is 9.59 Å². The van der Waals surface area contributed by atoms with E-state index in [1.165, 1.54) is 0 Å². The van der Waals surface area contributed by atoms with Gasteiger partial charge in [-0.15, -0.1) is 0 Å². The molecule has 0 atom stereocenters. The molecule has 1 aliphatic carbocycles. The van der Waals surface area contributed by atoms with Crippen LogP contribution in [0.5, 0.6) is 0 Å². The molecule has 3 aromatic rings. The lowest BCUT2D eigenvalue weighted by Gasteiger charge is -2.05. The van der Waals surface area contributed by atoms with E-state index in [9.17, 15) is 9.59 Å². The Labute approximate surface area is 159 Å². The number of hydrogen-bond donors (Lipinski definition) is 2. The molecule has 2 N–H and O–H groups in total. The first kappa shape index (κ1) is 16.9. The van der Waals surface area contributed by atoms with Crippen molar-refractivity contribution >= 4 is 46.2 Å². The van der Waals surface area contributed by atoms with Crippen LogP contribution in [0.2, 0.25) is 10.0 Å². The van der Waals surface area contributed by atoms with Crippen molar-refractivity contribution in [2.75, 3.05) is 5.32 Å². The van der Waals surface area contributed by atoms with Gasteiger partial charge in [0.2, 0.25) is 5.82 Å². The average molecular weight is 389 g/mol. The van der Waals surface area contributed by atoms with Gasteiger partial charge < -0.3 is 10.6 Å². The fraction of sp³-hybridized carbons (Fsp3) is 0.167. The smallest absolute Gasteiger partial charge is 0.292 e. The Kier molecular flexibility index (Phi) is 4.30. The molecule has 0 saturated heterocycles. The molecule has 0 spiro atoms. The lowest BCUT2D eigenvalue weighted by atomic mass is 10.3. The molecule has 0 bridgehead atoms. The number of imidazole rings is 1. The molecular formula is C18H14Cl2N4O2. The molecule has 0 aliphatic heterocycles. The van der Waals surface area contributed by atoms with Gasteiger partial charge in [0.1, 0.15) is 0 Å². The second-order valence-electron chi connectivity index (χ2n) is 6.07. The van der Waals surface area contributed by atoms with Crippen LogP contribution in [0.3, 0.4) is 0 Å². The number of carbonyl (C=O) groups excluding carboxylic acids is 2. The first-order valence-corrected chi connectivity index (χ1v) is 8.83. The van der Waals surface area contributed by atoms with Crippen LogP contribution in [-0.4, -0.2) is 27.2 Å². The van der Waals surface area contributed by atoms with Crippen molar-refractivity contribution in [3.8, 4) is 0 Å². The fourth-order valence-electron chi connectivity index (χ4n) is 2.61. The molecule has 4 rings (SSSR count). The molecule has 6 nitrogen and oxygen atoms in total. The highest BCUT2D eigenvalue weighted by Crippen LogP contribution is 2.25. The highest BCUT2D eigenvalue weighted by molar-refractivity contribution is 6.42. The van der Waals surface area contributed by atoms with Crippen LogP contribution in [0.1, 0.15) is 33.9 Å². The second-order valence-corrected chi connectivity index (χ2v) is 6.89. The Balaban J connectivity index is 1.67. The summed E-state index contributed by atoms with van der Waals surface area (Å²) in [5.41, 5.74) is 1.29. The van der Waals surface area contributed by atoms with Gasteiger partial charge in [0.25, 0.3) is 11.8 Å². The number of anilines is 1. The van der Waals surface area contributed by atoms with E-state index in [-0.39, 0.29) is 23.5 Å². The molecule has 8 heteroatoms.